The predicted molar refractivity (Wildman–Crippen MR) is 273 cm³/mol. The molecule has 0 aliphatic heterocycles. The SMILES string of the molecule is CC(C)C[C@H](NC(=O)[C@H](Cc1ccc(N=C(N)N)cc1)NC(=O)[C@H](Cc1ccc(F)cc1)NC(=O)/C=C/c1ccccc1)C(=O)N[C@@H](CCCN=C(N)N)C(=O)N[C@@H](CCCN=C(N)N)C(N)=O.O=C(O)C(F)(F)F. The summed E-state index contributed by atoms with van der Waals surface area (Å²) < 4.78 is 45.6. The molecule has 0 aromatic heterocycles. The Hall–Kier alpha value is -8.78. The van der Waals surface area contributed by atoms with E-state index in [2.05, 4.69) is 41.6 Å². The molecule has 0 fully saturated rings. The first kappa shape index (κ1) is 62.3. The summed E-state index contributed by atoms with van der Waals surface area (Å²) in [6.07, 6.45) is -1.78. The molecule has 3 rings (SSSR count). The average Bonchev–Trinajstić information content (AvgIpc) is 3.32. The Labute approximate surface area is 429 Å². The minimum atomic E-state index is -5.08. The summed E-state index contributed by atoms with van der Waals surface area (Å²) in [5.41, 5.74) is 40.6. The molecule has 0 heterocycles. The van der Waals surface area contributed by atoms with Crippen molar-refractivity contribution in [3.05, 3.63) is 107 Å². The topological polar surface area (TPSA) is 419 Å². The van der Waals surface area contributed by atoms with Crippen molar-refractivity contribution in [2.24, 2.45) is 61.0 Å². The Morgan fingerprint density at radius 3 is 1.48 bits per heavy atom. The first-order chi connectivity index (χ1) is 35.2. The number of rotatable bonds is 27. The number of benzene rings is 3. The summed E-state index contributed by atoms with van der Waals surface area (Å²) in [7, 11) is 0. The molecule has 75 heavy (non-hydrogen) atoms. The Morgan fingerprint density at radius 1 is 0.587 bits per heavy atom. The number of hydrogen-bond acceptors (Lipinski definition) is 10. The monoisotopic (exact) mass is 1060 g/mol. The molecular formula is C48H65F4N15O8. The van der Waals surface area contributed by atoms with Gasteiger partial charge in [0.15, 0.2) is 17.9 Å². The number of nitrogens with zero attached hydrogens (tertiary/aromatic N) is 3. The second-order valence-corrected chi connectivity index (χ2v) is 17.0. The quantitative estimate of drug-likeness (QED) is 0.0156. The van der Waals surface area contributed by atoms with Crippen molar-refractivity contribution >= 4 is 71.1 Å². The molecule has 5 atom stereocenters. The van der Waals surface area contributed by atoms with Crippen LogP contribution in [0.3, 0.4) is 0 Å². The molecule has 0 radical (unpaired) electrons. The van der Waals surface area contributed by atoms with Crippen LogP contribution in [0, 0.1) is 11.7 Å². The lowest BCUT2D eigenvalue weighted by atomic mass is 9.99. The molecule has 27 heteroatoms. The Bertz CT molecular complexity index is 2480. The van der Waals surface area contributed by atoms with Crippen LogP contribution < -0.4 is 66.7 Å². The molecule has 0 aliphatic rings. The van der Waals surface area contributed by atoms with Crippen molar-refractivity contribution in [3.63, 3.8) is 0 Å². The van der Waals surface area contributed by atoms with Gasteiger partial charge in [0.2, 0.25) is 35.4 Å². The number of primary amides is 1. The Morgan fingerprint density at radius 2 is 1.01 bits per heavy atom. The number of nitrogens with two attached hydrogens (primary N) is 7. The van der Waals surface area contributed by atoms with E-state index in [1.807, 2.05) is 19.9 Å². The lowest BCUT2D eigenvalue weighted by molar-refractivity contribution is -0.192. The molecule has 23 nitrogen and oxygen atoms in total. The van der Waals surface area contributed by atoms with Gasteiger partial charge in [0.25, 0.3) is 0 Å². The zero-order valence-electron chi connectivity index (χ0n) is 41.2. The van der Waals surface area contributed by atoms with Gasteiger partial charge in [-0.05, 0) is 85.1 Å². The van der Waals surface area contributed by atoms with Crippen molar-refractivity contribution in [2.45, 2.75) is 95.2 Å². The van der Waals surface area contributed by atoms with Crippen molar-refractivity contribution in [3.8, 4) is 0 Å². The van der Waals surface area contributed by atoms with Crippen LogP contribution in [0.5, 0.6) is 0 Å². The zero-order valence-corrected chi connectivity index (χ0v) is 41.2. The number of halogens is 4. The van der Waals surface area contributed by atoms with E-state index in [1.165, 1.54) is 30.3 Å². The third kappa shape index (κ3) is 26.0. The smallest absolute Gasteiger partial charge is 0.475 e. The molecule has 408 valence electrons. The van der Waals surface area contributed by atoms with Crippen molar-refractivity contribution in [1.29, 1.82) is 0 Å². The fraction of sp³-hybridized carbons (Fsp3) is 0.375. The van der Waals surface area contributed by atoms with E-state index in [9.17, 15) is 46.3 Å². The van der Waals surface area contributed by atoms with E-state index in [0.717, 1.165) is 5.56 Å². The van der Waals surface area contributed by atoms with Crippen molar-refractivity contribution in [1.82, 2.24) is 26.6 Å². The van der Waals surface area contributed by atoms with Crippen LogP contribution in [-0.2, 0) is 46.4 Å². The fourth-order valence-corrected chi connectivity index (χ4v) is 6.68. The predicted octanol–water partition coefficient (Wildman–Crippen LogP) is -0.0749. The molecule has 0 bridgehead atoms. The summed E-state index contributed by atoms with van der Waals surface area (Å²) in [5.74, 6) is -8.45. The highest BCUT2D eigenvalue weighted by Crippen LogP contribution is 2.16. The summed E-state index contributed by atoms with van der Waals surface area (Å²) in [4.78, 5) is 103. The number of carbonyl (C=O) groups is 7. The van der Waals surface area contributed by atoms with Crippen molar-refractivity contribution in [2.75, 3.05) is 13.1 Å². The standard InChI is InChI=1S/C46H64FN15O6.C2HF3O2/c1-27(2)24-35(41(66)60-34(11-7-23-56-45(51)52)40(65)59-33(39(48)64)10-6-22-55-44(49)50)61-43(68)37(26-30-14-19-32(20-15-30)57-46(53)54)62-42(67)36(25-29-12-17-31(47)18-13-29)58-38(63)21-16-28-8-4-3-5-9-28;3-2(4,5)1(6)7/h3-5,8-9,12-21,27,33-37H,6-7,10-11,22-26H2,1-2H3,(H2,48,64)(H,58,63)(H,59,65)(H,60,66)(H,61,68)(H,62,67)(H4,49,50,55)(H4,51,52,56)(H4,53,54,57);(H,6,7)/b21-16+;/t33-,34-,35-,36-,37-;/m0./s1. The van der Waals surface area contributed by atoms with Gasteiger partial charge in [-0.15, -0.1) is 0 Å². The Kier molecular flexibility index (Phi) is 26.3. The van der Waals surface area contributed by atoms with Crippen LogP contribution in [0.15, 0.2) is 99.9 Å². The van der Waals surface area contributed by atoms with E-state index in [0.29, 0.717) is 23.2 Å². The number of carbonyl (C=O) groups excluding carboxylic acids is 6. The minimum absolute atomic E-state index is 0.00636. The average molecular weight is 1060 g/mol. The van der Waals surface area contributed by atoms with Crippen LogP contribution in [0.2, 0.25) is 0 Å². The van der Waals surface area contributed by atoms with E-state index in [4.69, 9.17) is 50.0 Å². The van der Waals surface area contributed by atoms with Crippen molar-refractivity contribution < 1.29 is 56.2 Å². The van der Waals surface area contributed by atoms with Crippen LogP contribution >= 0.6 is 0 Å². The highest BCUT2D eigenvalue weighted by Gasteiger charge is 2.38. The minimum Gasteiger partial charge on any atom is -0.475 e. The number of alkyl halides is 3. The number of aliphatic imine (C=N–C) groups is 3. The van der Waals surface area contributed by atoms with Crippen LogP contribution in [0.1, 0.15) is 62.6 Å². The van der Waals surface area contributed by atoms with Gasteiger partial charge in [-0.1, -0.05) is 68.4 Å². The second-order valence-electron chi connectivity index (χ2n) is 17.0. The number of carboxylic acid groups (broad SMARTS) is 1. The molecule has 0 unspecified atom stereocenters. The number of amides is 6. The lowest BCUT2D eigenvalue weighted by Gasteiger charge is -2.28. The highest BCUT2D eigenvalue weighted by atomic mass is 19.4. The first-order valence-electron chi connectivity index (χ1n) is 23.1. The molecule has 20 N–H and O–H groups in total. The number of hydrogen-bond donors (Lipinski definition) is 13. The van der Waals surface area contributed by atoms with E-state index in [-0.39, 0.29) is 75.4 Å². The summed E-state index contributed by atoms with van der Waals surface area (Å²) in [6.45, 7) is 3.90. The molecule has 0 saturated carbocycles. The fourth-order valence-electron chi connectivity index (χ4n) is 6.68. The van der Waals surface area contributed by atoms with Gasteiger partial charge in [0, 0.05) is 32.0 Å². The molecule has 3 aromatic rings. The maximum Gasteiger partial charge on any atom is 0.490 e. The van der Waals surface area contributed by atoms with E-state index in [1.54, 1.807) is 54.6 Å². The molecular weight excluding hydrogens is 991 g/mol. The van der Waals surface area contributed by atoms with Crippen LogP contribution in [-0.4, -0.2) is 114 Å². The van der Waals surface area contributed by atoms with Crippen LogP contribution in [0.25, 0.3) is 6.08 Å². The Balaban J connectivity index is 0.00000256. The van der Waals surface area contributed by atoms with Gasteiger partial charge >= 0.3 is 12.1 Å². The lowest BCUT2D eigenvalue weighted by Crippen LogP contribution is -2.59. The summed E-state index contributed by atoms with van der Waals surface area (Å²) in [6, 6.07) is 14.6. The van der Waals surface area contributed by atoms with E-state index >= 15 is 0 Å². The van der Waals surface area contributed by atoms with E-state index < -0.39 is 83.6 Å². The summed E-state index contributed by atoms with van der Waals surface area (Å²) >= 11 is 0. The number of guanidine groups is 3. The maximum absolute atomic E-state index is 14.5. The normalized spacial score (nSPS) is 12.9. The first-order valence-corrected chi connectivity index (χ1v) is 23.1. The second kappa shape index (κ2) is 31.6. The summed E-state index contributed by atoms with van der Waals surface area (Å²) in [5, 5.41) is 20.6. The van der Waals surface area contributed by atoms with Gasteiger partial charge in [-0.25, -0.2) is 14.2 Å². The van der Waals surface area contributed by atoms with Gasteiger partial charge in [0.05, 0.1) is 5.69 Å². The van der Waals surface area contributed by atoms with Gasteiger partial charge < -0.3 is 71.8 Å². The zero-order chi connectivity index (χ0) is 56.3. The largest absolute Gasteiger partial charge is 0.490 e. The highest BCUT2D eigenvalue weighted by molar-refractivity contribution is 5.98. The molecule has 0 spiro atoms. The molecule has 0 saturated heterocycles. The molecule has 0 aliphatic carbocycles. The van der Waals surface area contributed by atoms with Crippen LogP contribution in [0.4, 0.5) is 23.2 Å². The molecule has 3 aromatic carbocycles. The third-order valence-electron chi connectivity index (χ3n) is 10.2. The van der Waals surface area contributed by atoms with Gasteiger partial charge in [-0.3, -0.25) is 38.8 Å². The van der Waals surface area contributed by atoms with Gasteiger partial charge in [0.1, 0.15) is 36.0 Å². The third-order valence-corrected chi connectivity index (χ3v) is 10.2. The maximum atomic E-state index is 14.5. The number of nitrogens with one attached hydrogen (secondary N) is 5. The number of carboxylic acids is 1. The van der Waals surface area contributed by atoms with Gasteiger partial charge in [-0.2, -0.15) is 13.2 Å². The number of aliphatic carboxylic acids is 1. The molecule has 6 amide bonds.